The standard InChI is InChI=1S/C8H6IN3S/c1-5-3-2-4-10-6(5)7-11-8(9)13-12-7/h2-4H,1H3. The molecule has 0 atom stereocenters. The average molecular weight is 303 g/mol. The Bertz CT molecular complexity index is 427. The van der Waals surface area contributed by atoms with E-state index >= 15 is 0 Å². The number of halogens is 1. The quantitative estimate of drug-likeness (QED) is 0.760. The van der Waals surface area contributed by atoms with Gasteiger partial charge in [0.15, 0.2) is 8.84 Å². The Balaban J connectivity index is 2.52. The Labute approximate surface area is 93.6 Å². The Morgan fingerprint density at radius 2 is 2.31 bits per heavy atom. The second-order valence-electron chi connectivity index (χ2n) is 2.54. The molecule has 3 nitrogen and oxygen atoms in total. The lowest BCUT2D eigenvalue weighted by Crippen LogP contribution is -1.88. The van der Waals surface area contributed by atoms with E-state index in [9.17, 15) is 0 Å². The van der Waals surface area contributed by atoms with Crippen molar-refractivity contribution in [2.24, 2.45) is 0 Å². The Hall–Kier alpha value is -0.560. The summed E-state index contributed by atoms with van der Waals surface area (Å²) in [7, 11) is 0. The van der Waals surface area contributed by atoms with Gasteiger partial charge in [0.05, 0.1) is 0 Å². The molecule has 2 aromatic rings. The highest BCUT2D eigenvalue weighted by Gasteiger charge is 2.07. The van der Waals surface area contributed by atoms with Gasteiger partial charge >= 0.3 is 0 Å². The molecule has 0 N–H and O–H groups in total. The topological polar surface area (TPSA) is 38.7 Å². The van der Waals surface area contributed by atoms with Crippen LogP contribution in [0.3, 0.4) is 0 Å². The molecule has 0 aliphatic rings. The van der Waals surface area contributed by atoms with Crippen LogP contribution in [0.15, 0.2) is 18.3 Å². The van der Waals surface area contributed by atoms with Crippen LogP contribution in [0.1, 0.15) is 5.56 Å². The highest BCUT2D eigenvalue weighted by atomic mass is 127. The van der Waals surface area contributed by atoms with Gasteiger partial charge in [0.1, 0.15) is 5.69 Å². The highest BCUT2D eigenvalue weighted by molar-refractivity contribution is 14.1. The highest BCUT2D eigenvalue weighted by Crippen LogP contribution is 2.19. The van der Waals surface area contributed by atoms with E-state index in [2.05, 4.69) is 36.9 Å². The molecule has 0 radical (unpaired) electrons. The van der Waals surface area contributed by atoms with Crippen LogP contribution in [0.4, 0.5) is 0 Å². The SMILES string of the molecule is Cc1cccnc1-c1nsc(I)n1. The van der Waals surface area contributed by atoms with Gasteiger partial charge < -0.3 is 0 Å². The summed E-state index contributed by atoms with van der Waals surface area (Å²) in [5.74, 6) is 0.729. The molecule has 2 heterocycles. The third-order valence-corrected chi connectivity index (χ3v) is 2.96. The Morgan fingerprint density at radius 3 is 2.92 bits per heavy atom. The molecule has 0 saturated heterocycles. The van der Waals surface area contributed by atoms with Gasteiger partial charge in [-0.05, 0) is 52.7 Å². The largest absolute Gasteiger partial charge is 0.253 e. The predicted molar refractivity (Wildman–Crippen MR) is 60.6 cm³/mol. The molecule has 13 heavy (non-hydrogen) atoms. The number of rotatable bonds is 1. The van der Waals surface area contributed by atoms with Crippen LogP contribution in [-0.4, -0.2) is 14.3 Å². The first-order chi connectivity index (χ1) is 6.27. The lowest BCUT2D eigenvalue weighted by atomic mass is 10.2. The summed E-state index contributed by atoms with van der Waals surface area (Å²) in [6.45, 7) is 2.01. The number of pyridine rings is 1. The van der Waals surface area contributed by atoms with E-state index in [0.717, 1.165) is 20.1 Å². The van der Waals surface area contributed by atoms with Gasteiger partial charge in [-0.2, -0.15) is 4.37 Å². The van der Waals surface area contributed by atoms with E-state index in [1.165, 1.54) is 11.5 Å². The molecule has 0 bridgehead atoms. The predicted octanol–water partition coefficient (Wildman–Crippen LogP) is 2.51. The van der Waals surface area contributed by atoms with Crippen LogP contribution in [0.25, 0.3) is 11.5 Å². The molecule has 0 aromatic carbocycles. The summed E-state index contributed by atoms with van der Waals surface area (Å²) in [5.41, 5.74) is 1.98. The number of aromatic nitrogens is 3. The molecule has 5 heteroatoms. The number of hydrogen-bond donors (Lipinski definition) is 0. The van der Waals surface area contributed by atoms with Crippen molar-refractivity contribution >= 4 is 34.1 Å². The minimum Gasteiger partial charge on any atom is -0.253 e. The first-order valence-electron chi connectivity index (χ1n) is 3.68. The molecule has 0 amide bonds. The van der Waals surface area contributed by atoms with E-state index in [1.54, 1.807) is 6.20 Å². The average Bonchev–Trinajstić information content (AvgIpc) is 2.53. The van der Waals surface area contributed by atoms with E-state index in [-0.39, 0.29) is 0 Å². The summed E-state index contributed by atoms with van der Waals surface area (Å²) in [4.78, 5) is 8.51. The summed E-state index contributed by atoms with van der Waals surface area (Å²) in [6.07, 6.45) is 1.76. The smallest absolute Gasteiger partial charge is 0.192 e. The fourth-order valence-electron chi connectivity index (χ4n) is 1.02. The minimum atomic E-state index is 0.729. The summed E-state index contributed by atoms with van der Waals surface area (Å²) in [5, 5.41) is 0. The second-order valence-corrected chi connectivity index (χ2v) is 5.05. The molecule has 2 rings (SSSR count). The fraction of sp³-hybridized carbons (Fsp3) is 0.125. The zero-order valence-corrected chi connectivity index (χ0v) is 9.83. The van der Waals surface area contributed by atoms with Crippen molar-refractivity contribution in [3.8, 4) is 11.5 Å². The minimum absolute atomic E-state index is 0.729. The lowest BCUT2D eigenvalue weighted by molar-refractivity contribution is 1.19. The monoisotopic (exact) mass is 303 g/mol. The van der Waals surface area contributed by atoms with Crippen LogP contribution >= 0.6 is 34.1 Å². The van der Waals surface area contributed by atoms with Crippen molar-refractivity contribution in [3.63, 3.8) is 0 Å². The molecule has 0 aliphatic carbocycles. The summed E-state index contributed by atoms with van der Waals surface area (Å²) in [6, 6.07) is 3.92. The van der Waals surface area contributed by atoms with E-state index in [4.69, 9.17) is 0 Å². The summed E-state index contributed by atoms with van der Waals surface area (Å²) < 4.78 is 5.15. The molecule has 0 spiro atoms. The van der Waals surface area contributed by atoms with Crippen molar-refractivity contribution < 1.29 is 0 Å². The maximum absolute atomic E-state index is 4.27. The van der Waals surface area contributed by atoms with Crippen molar-refractivity contribution in [2.75, 3.05) is 0 Å². The molecular weight excluding hydrogens is 297 g/mol. The zero-order chi connectivity index (χ0) is 9.26. The van der Waals surface area contributed by atoms with Crippen LogP contribution in [0.2, 0.25) is 0 Å². The van der Waals surface area contributed by atoms with Gasteiger partial charge in [0, 0.05) is 6.20 Å². The first-order valence-corrected chi connectivity index (χ1v) is 5.54. The Morgan fingerprint density at radius 1 is 1.46 bits per heavy atom. The number of aryl methyl sites for hydroxylation is 1. The normalized spacial score (nSPS) is 10.3. The van der Waals surface area contributed by atoms with Crippen LogP contribution in [0, 0.1) is 9.94 Å². The van der Waals surface area contributed by atoms with Gasteiger partial charge in [0.25, 0.3) is 0 Å². The lowest BCUT2D eigenvalue weighted by Gasteiger charge is -1.97. The molecule has 0 fully saturated rings. The van der Waals surface area contributed by atoms with E-state index in [1.807, 2.05) is 19.1 Å². The van der Waals surface area contributed by atoms with E-state index in [0.29, 0.717) is 0 Å². The molecule has 0 saturated carbocycles. The molecule has 2 aromatic heterocycles. The number of nitrogens with zero attached hydrogens (tertiary/aromatic N) is 3. The fourth-order valence-corrected chi connectivity index (χ4v) is 1.96. The van der Waals surface area contributed by atoms with Crippen molar-refractivity contribution in [1.82, 2.24) is 14.3 Å². The molecular formula is C8H6IN3S. The van der Waals surface area contributed by atoms with Crippen LogP contribution < -0.4 is 0 Å². The van der Waals surface area contributed by atoms with Gasteiger partial charge in [0.2, 0.25) is 0 Å². The third kappa shape index (κ3) is 1.86. The second kappa shape index (κ2) is 3.67. The summed E-state index contributed by atoms with van der Waals surface area (Å²) >= 11 is 3.55. The zero-order valence-electron chi connectivity index (χ0n) is 6.86. The van der Waals surface area contributed by atoms with Crippen LogP contribution in [0.5, 0.6) is 0 Å². The van der Waals surface area contributed by atoms with Gasteiger partial charge in [-0.1, -0.05) is 6.07 Å². The maximum atomic E-state index is 4.27. The van der Waals surface area contributed by atoms with Gasteiger partial charge in [-0.15, -0.1) is 0 Å². The molecule has 66 valence electrons. The molecule has 0 aliphatic heterocycles. The van der Waals surface area contributed by atoms with E-state index < -0.39 is 0 Å². The van der Waals surface area contributed by atoms with Gasteiger partial charge in [-0.25, -0.2) is 4.98 Å². The van der Waals surface area contributed by atoms with Crippen LogP contribution in [-0.2, 0) is 0 Å². The van der Waals surface area contributed by atoms with Crippen molar-refractivity contribution in [1.29, 1.82) is 0 Å². The first kappa shape index (κ1) is 9.01. The van der Waals surface area contributed by atoms with Crippen molar-refractivity contribution in [3.05, 3.63) is 26.9 Å². The third-order valence-electron chi connectivity index (χ3n) is 1.62. The van der Waals surface area contributed by atoms with Gasteiger partial charge in [-0.3, -0.25) is 4.98 Å². The molecule has 0 unspecified atom stereocenters. The maximum Gasteiger partial charge on any atom is 0.192 e. The Kier molecular flexibility index (Phi) is 2.54. The number of hydrogen-bond acceptors (Lipinski definition) is 4. The van der Waals surface area contributed by atoms with Crippen molar-refractivity contribution in [2.45, 2.75) is 6.92 Å².